The van der Waals surface area contributed by atoms with E-state index in [4.69, 9.17) is 0 Å². The van der Waals surface area contributed by atoms with E-state index >= 15 is 0 Å². The van der Waals surface area contributed by atoms with Crippen LogP contribution in [0.25, 0.3) is 0 Å². The van der Waals surface area contributed by atoms with E-state index < -0.39 is 10.0 Å². The number of carbonyl (C=O) groups excluding carboxylic acids is 1. The van der Waals surface area contributed by atoms with Gasteiger partial charge in [0.2, 0.25) is 15.9 Å². The fourth-order valence-corrected chi connectivity index (χ4v) is 5.93. The monoisotopic (exact) mass is 342 g/mol. The van der Waals surface area contributed by atoms with Gasteiger partial charge in [0, 0.05) is 30.6 Å². The molecule has 2 atom stereocenters. The lowest BCUT2D eigenvalue weighted by Gasteiger charge is -2.37. The van der Waals surface area contributed by atoms with Crippen LogP contribution in [0, 0.1) is 0 Å². The minimum atomic E-state index is -3.10. The summed E-state index contributed by atoms with van der Waals surface area (Å²) in [5.41, 5.74) is 0. The molecule has 2 aliphatic heterocycles. The standard InChI is InChI=1S/C15H22N2O3S2/c1-12(14-6-3-9-21-14)15(18)16-7-2-5-13(11-16)17-8-4-10-22(17,19)20/h3,6,9,12-13H,2,4-5,7-8,10-11H2,1H3. The zero-order chi connectivity index (χ0) is 15.7. The molecule has 22 heavy (non-hydrogen) atoms. The van der Waals surface area contributed by atoms with Crippen molar-refractivity contribution in [2.24, 2.45) is 0 Å². The Morgan fingerprint density at radius 3 is 2.82 bits per heavy atom. The molecule has 0 aliphatic carbocycles. The molecule has 2 saturated heterocycles. The van der Waals surface area contributed by atoms with Gasteiger partial charge in [0.25, 0.3) is 0 Å². The number of hydrogen-bond acceptors (Lipinski definition) is 4. The molecule has 2 aliphatic rings. The maximum atomic E-state index is 12.7. The average Bonchev–Trinajstić information content (AvgIpc) is 3.15. The SMILES string of the molecule is CC(C(=O)N1CCCC(N2CCCS2(=O)=O)C1)c1cccs1. The summed E-state index contributed by atoms with van der Waals surface area (Å²) in [6.45, 7) is 3.81. The first kappa shape index (κ1) is 16.0. The largest absolute Gasteiger partial charge is 0.341 e. The van der Waals surface area contributed by atoms with Gasteiger partial charge in [0.05, 0.1) is 11.7 Å². The van der Waals surface area contributed by atoms with Crippen LogP contribution in [0.1, 0.15) is 37.0 Å². The van der Waals surface area contributed by atoms with Crippen LogP contribution >= 0.6 is 11.3 Å². The summed E-state index contributed by atoms with van der Waals surface area (Å²) in [4.78, 5) is 15.6. The molecule has 0 saturated carbocycles. The molecule has 0 radical (unpaired) electrons. The molecule has 0 N–H and O–H groups in total. The topological polar surface area (TPSA) is 57.7 Å². The van der Waals surface area contributed by atoms with Gasteiger partial charge in [-0.3, -0.25) is 4.79 Å². The minimum Gasteiger partial charge on any atom is -0.341 e. The van der Waals surface area contributed by atoms with Crippen molar-refractivity contribution >= 4 is 27.3 Å². The van der Waals surface area contributed by atoms with Gasteiger partial charge in [0.15, 0.2) is 0 Å². The number of thiophene rings is 1. The zero-order valence-electron chi connectivity index (χ0n) is 12.8. The molecule has 1 aromatic heterocycles. The molecule has 5 nitrogen and oxygen atoms in total. The Morgan fingerprint density at radius 2 is 2.18 bits per heavy atom. The molecular weight excluding hydrogens is 320 g/mol. The normalized spacial score (nSPS) is 27.0. The summed E-state index contributed by atoms with van der Waals surface area (Å²) in [5, 5.41) is 1.98. The molecule has 1 amide bonds. The van der Waals surface area contributed by atoms with Gasteiger partial charge < -0.3 is 4.90 Å². The first-order valence-electron chi connectivity index (χ1n) is 7.81. The third-order valence-electron chi connectivity index (χ3n) is 4.59. The van der Waals surface area contributed by atoms with E-state index in [1.165, 1.54) is 0 Å². The van der Waals surface area contributed by atoms with Crippen LogP contribution in [0.4, 0.5) is 0 Å². The molecule has 1 aromatic rings. The number of carbonyl (C=O) groups is 1. The summed E-state index contributed by atoms with van der Waals surface area (Å²) in [6.07, 6.45) is 2.44. The number of amides is 1. The Bertz CT molecular complexity index is 627. The quantitative estimate of drug-likeness (QED) is 0.843. The number of hydrogen-bond donors (Lipinski definition) is 0. The summed E-state index contributed by atoms with van der Waals surface area (Å²) < 4.78 is 25.8. The second-order valence-corrected chi connectivity index (χ2v) is 9.12. The van der Waals surface area contributed by atoms with Gasteiger partial charge in [-0.15, -0.1) is 11.3 Å². The summed E-state index contributed by atoms with van der Waals surface area (Å²) in [6, 6.07) is 3.90. The summed E-state index contributed by atoms with van der Waals surface area (Å²) in [5.74, 6) is 0.223. The smallest absolute Gasteiger partial charge is 0.230 e. The van der Waals surface area contributed by atoms with Crippen LogP contribution in [0.5, 0.6) is 0 Å². The van der Waals surface area contributed by atoms with Gasteiger partial charge in [-0.05, 0) is 37.6 Å². The van der Waals surface area contributed by atoms with Gasteiger partial charge in [-0.1, -0.05) is 6.07 Å². The Balaban J connectivity index is 1.69. The van der Waals surface area contributed by atoms with E-state index in [0.717, 1.165) is 24.3 Å². The Kier molecular flexibility index (Phi) is 4.56. The highest BCUT2D eigenvalue weighted by Gasteiger charge is 2.38. The van der Waals surface area contributed by atoms with Crippen molar-refractivity contribution < 1.29 is 13.2 Å². The number of sulfonamides is 1. The second-order valence-electron chi connectivity index (χ2n) is 6.10. The maximum Gasteiger partial charge on any atom is 0.230 e. The average molecular weight is 342 g/mol. The molecule has 2 fully saturated rings. The van der Waals surface area contributed by atoms with Crippen LogP contribution in [0.2, 0.25) is 0 Å². The van der Waals surface area contributed by atoms with Crippen LogP contribution in [0.15, 0.2) is 17.5 Å². The molecule has 122 valence electrons. The number of nitrogens with zero attached hydrogens (tertiary/aromatic N) is 2. The Hall–Kier alpha value is -0.920. The van der Waals surface area contributed by atoms with Crippen molar-refractivity contribution in [2.45, 2.75) is 38.1 Å². The fraction of sp³-hybridized carbons (Fsp3) is 0.667. The predicted molar refractivity (Wildman–Crippen MR) is 87.4 cm³/mol. The van der Waals surface area contributed by atoms with Crippen molar-refractivity contribution in [2.75, 3.05) is 25.4 Å². The third kappa shape index (κ3) is 3.07. The molecular formula is C15H22N2O3S2. The zero-order valence-corrected chi connectivity index (χ0v) is 14.4. The first-order valence-corrected chi connectivity index (χ1v) is 10.3. The van der Waals surface area contributed by atoms with Crippen molar-refractivity contribution in [1.29, 1.82) is 0 Å². The van der Waals surface area contributed by atoms with Crippen LogP contribution in [-0.2, 0) is 14.8 Å². The van der Waals surface area contributed by atoms with Crippen LogP contribution in [0.3, 0.4) is 0 Å². The molecule has 3 heterocycles. The van der Waals surface area contributed by atoms with Gasteiger partial charge in [0.1, 0.15) is 0 Å². The predicted octanol–water partition coefficient (Wildman–Crippen LogP) is 1.88. The fourth-order valence-electron chi connectivity index (χ4n) is 3.39. The molecule has 0 spiro atoms. The second kappa shape index (κ2) is 6.29. The van der Waals surface area contributed by atoms with Gasteiger partial charge >= 0.3 is 0 Å². The summed E-state index contributed by atoms with van der Waals surface area (Å²) in [7, 11) is -3.10. The van der Waals surface area contributed by atoms with E-state index in [9.17, 15) is 13.2 Å². The minimum absolute atomic E-state index is 0.0410. The summed E-state index contributed by atoms with van der Waals surface area (Å²) >= 11 is 1.60. The maximum absolute atomic E-state index is 12.7. The van der Waals surface area contributed by atoms with E-state index in [0.29, 0.717) is 19.5 Å². The van der Waals surface area contributed by atoms with Crippen molar-refractivity contribution in [1.82, 2.24) is 9.21 Å². The lowest BCUT2D eigenvalue weighted by Crippen LogP contribution is -2.51. The number of rotatable bonds is 3. The Labute approximate surface area is 136 Å². The van der Waals surface area contributed by atoms with Crippen LogP contribution in [-0.4, -0.2) is 55.0 Å². The van der Waals surface area contributed by atoms with Crippen molar-refractivity contribution in [3.63, 3.8) is 0 Å². The lowest BCUT2D eigenvalue weighted by atomic mass is 10.0. The van der Waals surface area contributed by atoms with Crippen molar-refractivity contribution in [3.8, 4) is 0 Å². The Morgan fingerprint density at radius 1 is 1.36 bits per heavy atom. The lowest BCUT2D eigenvalue weighted by molar-refractivity contribution is -0.134. The molecule has 2 unspecified atom stereocenters. The van der Waals surface area contributed by atoms with E-state index in [1.807, 2.05) is 29.3 Å². The van der Waals surface area contributed by atoms with Gasteiger partial charge in [-0.25, -0.2) is 8.42 Å². The molecule has 0 bridgehead atoms. The van der Waals surface area contributed by atoms with Gasteiger partial charge in [-0.2, -0.15) is 4.31 Å². The van der Waals surface area contributed by atoms with E-state index in [2.05, 4.69) is 0 Å². The van der Waals surface area contributed by atoms with E-state index in [1.54, 1.807) is 15.6 Å². The number of piperidine rings is 1. The number of likely N-dealkylation sites (tertiary alicyclic amines) is 1. The third-order valence-corrected chi connectivity index (χ3v) is 7.65. The van der Waals surface area contributed by atoms with Crippen molar-refractivity contribution in [3.05, 3.63) is 22.4 Å². The molecule has 0 aromatic carbocycles. The highest BCUT2D eigenvalue weighted by atomic mass is 32.2. The highest BCUT2D eigenvalue weighted by Crippen LogP contribution is 2.27. The molecule has 7 heteroatoms. The highest BCUT2D eigenvalue weighted by molar-refractivity contribution is 7.89. The molecule has 3 rings (SSSR count). The first-order chi connectivity index (χ1) is 10.5. The van der Waals surface area contributed by atoms with E-state index in [-0.39, 0.29) is 23.6 Å². The van der Waals surface area contributed by atoms with Crippen LogP contribution < -0.4 is 0 Å².